The fraction of sp³-hybridized carbons (Fsp3) is 0.714. The van der Waals surface area contributed by atoms with Gasteiger partial charge in [-0.25, -0.2) is 8.78 Å². The second-order valence-corrected chi connectivity index (χ2v) is 9.22. The highest BCUT2D eigenvalue weighted by Crippen LogP contribution is 2.69. The monoisotopic (exact) mass is 380 g/mol. The third kappa shape index (κ3) is 2.03. The van der Waals surface area contributed by atoms with Crippen LogP contribution >= 0.6 is 0 Å². The van der Waals surface area contributed by atoms with Gasteiger partial charge in [0.15, 0.2) is 23.9 Å². The molecule has 3 saturated carbocycles. The van der Waals surface area contributed by atoms with Gasteiger partial charge in [-0.3, -0.25) is 9.59 Å². The molecule has 0 aromatic carbocycles. The minimum atomic E-state index is -2.00. The van der Waals surface area contributed by atoms with E-state index in [1.54, 1.807) is 19.9 Å². The number of rotatable bonds is 2. The van der Waals surface area contributed by atoms with Gasteiger partial charge in [-0.2, -0.15) is 0 Å². The zero-order valence-electron chi connectivity index (χ0n) is 15.7. The van der Waals surface area contributed by atoms with Gasteiger partial charge in [-0.05, 0) is 57.1 Å². The molecule has 4 aliphatic rings. The number of aliphatic hydroxyl groups is 2. The summed E-state index contributed by atoms with van der Waals surface area (Å²) >= 11 is 0. The summed E-state index contributed by atoms with van der Waals surface area (Å²) in [6, 6.07) is 0. The first-order chi connectivity index (χ1) is 12.5. The molecule has 4 rings (SSSR count). The van der Waals surface area contributed by atoms with Gasteiger partial charge >= 0.3 is 0 Å². The van der Waals surface area contributed by atoms with E-state index in [-0.39, 0.29) is 24.5 Å². The number of hydrogen-bond donors (Lipinski definition) is 2. The Morgan fingerprint density at radius 1 is 1.30 bits per heavy atom. The van der Waals surface area contributed by atoms with Crippen molar-refractivity contribution in [3.8, 4) is 0 Å². The number of hydrogen-bond acceptors (Lipinski definition) is 4. The van der Waals surface area contributed by atoms with Gasteiger partial charge in [0.05, 0.1) is 6.10 Å². The molecule has 0 amide bonds. The van der Waals surface area contributed by atoms with E-state index in [1.807, 2.05) is 0 Å². The van der Waals surface area contributed by atoms with Crippen molar-refractivity contribution >= 4 is 11.6 Å². The number of allylic oxidation sites excluding steroid dienone is 4. The Labute approximate surface area is 157 Å². The number of ketones is 2. The first-order valence-electron chi connectivity index (χ1n) is 9.67. The molecule has 0 aliphatic heterocycles. The minimum absolute atomic E-state index is 0.0873. The molecule has 7 atom stereocenters. The fourth-order valence-electron chi connectivity index (χ4n) is 6.78. The third-order valence-electron chi connectivity index (χ3n) is 8.38. The number of Topliss-reactive ketones (excluding diaryl/α,β-unsaturated/α-hetero) is 1. The van der Waals surface area contributed by atoms with Crippen LogP contribution < -0.4 is 0 Å². The van der Waals surface area contributed by atoms with Gasteiger partial charge in [0.2, 0.25) is 0 Å². The summed E-state index contributed by atoms with van der Waals surface area (Å²) < 4.78 is 29.8. The molecule has 0 saturated heterocycles. The zero-order valence-corrected chi connectivity index (χ0v) is 15.7. The summed E-state index contributed by atoms with van der Waals surface area (Å²) in [5, 5.41) is 22.0. The Hall–Kier alpha value is -1.40. The molecule has 0 radical (unpaired) electrons. The van der Waals surface area contributed by atoms with Gasteiger partial charge in [-0.1, -0.05) is 18.6 Å². The number of carbonyl (C=O) groups is 2. The van der Waals surface area contributed by atoms with Crippen LogP contribution in [0.25, 0.3) is 0 Å². The van der Waals surface area contributed by atoms with E-state index >= 15 is 4.39 Å². The normalized spacial score (nSPS) is 51.3. The van der Waals surface area contributed by atoms with Gasteiger partial charge in [-0.15, -0.1) is 0 Å². The molecule has 0 bridgehead atoms. The Kier molecular flexibility index (Phi) is 3.91. The number of fused-ring (bicyclic) bond motifs is 5. The van der Waals surface area contributed by atoms with E-state index in [2.05, 4.69) is 0 Å². The van der Waals surface area contributed by atoms with Crippen LogP contribution in [0.5, 0.6) is 0 Å². The van der Waals surface area contributed by atoms with Crippen molar-refractivity contribution in [2.45, 2.75) is 63.3 Å². The van der Waals surface area contributed by atoms with Gasteiger partial charge in [0.1, 0.15) is 5.60 Å². The second kappa shape index (κ2) is 5.57. The van der Waals surface area contributed by atoms with Crippen LogP contribution in [0.4, 0.5) is 8.78 Å². The Balaban J connectivity index is 1.81. The van der Waals surface area contributed by atoms with Crippen molar-refractivity contribution in [3.63, 3.8) is 0 Å². The Bertz CT molecular complexity index is 776. The summed E-state index contributed by atoms with van der Waals surface area (Å²) in [5.74, 6) is -1.97. The molecule has 3 fully saturated rings. The minimum Gasteiger partial charge on any atom is -0.390 e. The third-order valence-corrected chi connectivity index (χ3v) is 8.38. The molecule has 2 N–H and O–H groups in total. The molecular weight excluding hydrogens is 354 g/mol. The largest absolute Gasteiger partial charge is 0.390 e. The van der Waals surface area contributed by atoms with E-state index < -0.39 is 46.6 Å². The SMILES string of the molecule is C[C@]12C=CC(=O)C=C1CC[C@H]1[C@@H]3CC[C@](O)(C(=O)CF)[C@@]3(C)C[C@H](O)[C@@]12F. The fourth-order valence-corrected chi connectivity index (χ4v) is 6.78. The Morgan fingerprint density at radius 2 is 2.00 bits per heavy atom. The summed E-state index contributed by atoms with van der Waals surface area (Å²) in [6.45, 7) is 2.14. The summed E-state index contributed by atoms with van der Waals surface area (Å²) in [7, 11) is 0. The lowest BCUT2D eigenvalue weighted by molar-refractivity contribution is -0.216. The average molecular weight is 380 g/mol. The van der Waals surface area contributed by atoms with Crippen molar-refractivity contribution < 1.29 is 28.6 Å². The molecule has 0 unspecified atom stereocenters. The van der Waals surface area contributed by atoms with Gasteiger partial charge in [0, 0.05) is 16.7 Å². The van der Waals surface area contributed by atoms with Crippen LogP contribution in [0.3, 0.4) is 0 Å². The summed E-state index contributed by atoms with van der Waals surface area (Å²) in [5.41, 5.74) is -5.35. The van der Waals surface area contributed by atoms with Crippen molar-refractivity contribution in [1.82, 2.24) is 0 Å². The highest BCUT2D eigenvalue weighted by molar-refractivity contribution is 6.01. The predicted molar refractivity (Wildman–Crippen MR) is 94.3 cm³/mol. The van der Waals surface area contributed by atoms with Gasteiger partial charge < -0.3 is 10.2 Å². The van der Waals surface area contributed by atoms with Crippen molar-refractivity contribution in [3.05, 3.63) is 23.8 Å². The number of halogens is 2. The molecule has 0 aromatic heterocycles. The highest BCUT2D eigenvalue weighted by Gasteiger charge is 2.74. The van der Waals surface area contributed by atoms with Crippen LogP contribution in [0.1, 0.15) is 46.0 Å². The lowest BCUT2D eigenvalue weighted by atomic mass is 9.44. The molecule has 0 spiro atoms. The maximum absolute atomic E-state index is 16.7. The van der Waals surface area contributed by atoms with Gasteiger partial charge in [0.25, 0.3) is 0 Å². The molecule has 27 heavy (non-hydrogen) atoms. The molecule has 4 nitrogen and oxygen atoms in total. The lowest BCUT2D eigenvalue weighted by Crippen LogP contribution is -2.69. The lowest BCUT2D eigenvalue weighted by Gasteiger charge is -2.62. The van der Waals surface area contributed by atoms with Crippen LogP contribution in [-0.4, -0.2) is 45.8 Å². The number of carbonyl (C=O) groups excluding carboxylic acids is 2. The standard InChI is InChI=1S/C21H26F2O4/c1-18-7-5-13(24)9-12(18)3-4-15-14-6-8-20(27,17(26)11-22)19(14,2)10-16(25)21(15,18)23/h5,7,9,14-16,25,27H,3-4,6,8,10-11H2,1-2H3/t14-,15-,16-,18-,19-,20-,21-/m0/s1. The molecule has 4 aliphatic carbocycles. The summed E-state index contributed by atoms with van der Waals surface area (Å²) in [6.07, 6.45) is 4.31. The maximum Gasteiger partial charge on any atom is 0.195 e. The van der Waals surface area contributed by atoms with E-state index in [0.29, 0.717) is 24.8 Å². The molecule has 6 heteroatoms. The van der Waals surface area contributed by atoms with Crippen molar-refractivity contribution in [2.24, 2.45) is 22.7 Å². The number of aliphatic hydroxyl groups excluding tert-OH is 1. The molecule has 0 heterocycles. The van der Waals surface area contributed by atoms with E-state index in [9.17, 15) is 24.2 Å². The quantitative estimate of drug-likeness (QED) is 0.772. The average Bonchev–Trinajstić information content (AvgIpc) is 2.88. The Morgan fingerprint density at radius 3 is 2.67 bits per heavy atom. The zero-order chi connectivity index (χ0) is 19.8. The summed E-state index contributed by atoms with van der Waals surface area (Å²) in [4.78, 5) is 24.0. The van der Waals surface area contributed by atoms with Crippen LogP contribution in [0.2, 0.25) is 0 Å². The molecular formula is C21H26F2O4. The topological polar surface area (TPSA) is 74.6 Å². The first kappa shape index (κ1) is 18.9. The van der Waals surface area contributed by atoms with E-state index in [1.165, 1.54) is 12.2 Å². The first-order valence-corrected chi connectivity index (χ1v) is 9.67. The van der Waals surface area contributed by atoms with Crippen LogP contribution in [0, 0.1) is 22.7 Å². The predicted octanol–water partition coefficient (Wildman–Crippen LogP) is 2.63. The van der Waals surface area contributed by atoms with Crippen LogP contribution in [0.15, 0.2) is 23.8 Å². The number of alkyl halides is 2. The molecule has 148 valence electrons. The highest BCUT2D eigenvalue weighted by atomic mass is 19.1. The molecule has 0 aromatic rings. The van der Waals surface area contributed by atoms with E-state index in [4.69, 9.17) is 0 Å². The van der Waals surface area contributed by atoms with Crippen LogP contribution in [-0.2, 0) is 9.59 Å². The smallest absolute Gasteiger partial charge is 0.195 e. The van der Waals surface area contributed by atoms with Crippen molar-refractivity contribution in [1.29, 1.82) is 0 Å². The van der Waals surface area contributed by atoms with Crippen molar-refractivity contribution in [2.75, 3.05) is 6.67 Å². The second-order valence-electron chi connectivity index (χ2n) is 9.22. The maximum atomic E-state index is 16.7. The van der Waals surface area contributed by atoms with E-state index in [0.717, 1.165) is 0 Å².